The predicted molar refractivity (Wildman–Crippen MR) is 84.5 cm³/mol. The molecule has 1 amide bonds. The van der Waals surface area contributed by atoms with Crippen LogP contribution in [0.15, 0.2) is 54.2 Å². The first kappa shape index (κ1) is 14.3. The molecule has 0 radical (unpaired) electrons. The quantitative estimate of drug-likeness (QED) is 0.742. The maximum Gasteiger partial charge on any atom is 0.261 e. The summed E-state index contributed by atoms with van der Waals surface area (Å²) >= 11 is 1.36. The van der Waals surface area contributed by atoms with E-state index in [-0.39, 0.29) is 11.7 Å². The Labute approximate surface area is 130 Å². The number of hydrogen-bond donors (Lipinski definition) is 0. The Kier molecular flexibility index (Phi) is 3.93. The molecular weight excluding hydrogens is 301 g/mol. The summed E-state index contributed by atoms with van der Waals surface area (Å²) in [5.41, 5.74) is 2.03. The van der Waals surface area contributed by atoms with Crippen molar-refractivity contribution in [2.45, 2.75) is 0 Å². The molecule has 0 aliphatic carbocycles. The zero-order chi connectivity index (χ0) is 15.5. The Morgan fingerprint density at radius 3 is 2.68 bits per heavy atom. The van der Waals surface area contributed by atoms with E-state index in [0.717, 1.165) is 5.56 Å². The van der Waals surface area contributed by atoms with Gasteiger partial charge in [-0.05, 0) is 36.4 Å². The smallest absolute Gasteiger partial charge is 0.261 e. The van der Waals surface area contributed by atoms with Crippen LogP contribution in [0.1, 0.15) is 10.4 Å². The molecule has 4 nitrogen and oxygen atoms in total. The van der Waals surface area contributed by atoms with Crippen LogP contribution in [-0.2, 0) is 0 Å². The average molecular weight is 313 g/mol. The zero-order valence-electron chi connectivity index (χ0n) is 11.7. The van der Waals surface area contributed by atoms with Crippen LogP contribution in [0.4, 0.5) is 9.52 Å². The van der Waals surface area contributed by atoms with Crippen LogP contribution < -0.4 is 4.90 Å². The lowest BCUT2D eigenvalue weighted by atomic mass is 10.2. The van der Waals surface area contributed by atoms with Crippen molar-refractivity contribution < 1.29 is 9.18 Å². The number of carbonyl (C=O) groups excluding carboxylic acids is 1. The van der Waals surface area contributed by atoms with E-state index in [4.69, 9.17) is 0 Å². The molecule has 0 aliphatic rings. The Hall–Kier alpha value is -2.60. The van der Waals surface area contributed by atoms with E-state index in [2.05, 4.69) is 9.97 Å². The molecule has 0 bridgehead atoms. The third-order valence-corrected chi connectivity index (χ3v) is 4.05. The van der Waals surface area contributed by atoms with Gasteiger partial charge in [-0.15, -0.1) is 11.3 Å². The molecule has 0 aliphatic heterocycles. The molecule has 0 spiro atoms. The maximum absolute atomic E-state index is 13.0. The lowest BCUT2D eigenvalue weighted by Gasteiger charge is -2.13. The van der Waals surface area contributed by atoms with Crippen LogP contribution in [0.5, 0.6) is 0 Å². The van der Waals surface area contributed by atoms with Crippen LogP contribution in [0.3, 0.4) is 0 Å². The summed E-state index contributed by atoms with van der Waals surface area (Å²) in [6, 6.07) is 9.53. The van der Waals surface area contributed by atoms with E-state index in [0.29, 0.717) is 16.4 Å². The second-order valence-corrected chi connectivity index (χ2v) is 5.46. The highest BCUT2D eigenvalue weighted by atomic mass is 32.1. The first-order valence-corrected chi connectivity index (χ1v) is 7.42. The summed E-state index contributed by atoms with van der Waals surface area (Å²) in [7, 11) is 1.67. The minimum atomic E-state index is -0.289. The largest absolute Gasteiger partial charge is 0.287 e. The molecular formula is C16H12FN3OS. The van der Waals surface area contributed by atoms with Crippen molar-refractivity contribution in [3.05, 3.63) is 65.6 Å². The average Bonchev–Trinajstić information content (AvgIpc) is 3.05. The molecule has 3 aromatic rings. The molecule has 0 saturated heterocycles. The first-order chi connectivity index (χ1) is 10.6. The number of pyridine rings is 1. The summed E-state index contributed by atoms with van der Waals surface area (Å²) in [6.45, 7) is 0. The molecule has 110 valence electrons. The van der Waals surface area contributed by atoms with Gasteiger partial charge in [0.25, 0.3) is 5.91 Å². The highest BCUT2D eigenvalue weighted by Gasteiger charge is 2.17. The monoisotopic (exact) mass is 313 g/mol. The Morgan fingerprint density at radius 2 is 2.00 bits per heavy atom. The van der Waals surface area contributed by atoms with Gasteiger partial charge in [0, 0.05) is 30.4 Å². The normalized spacial score (nSPS) is 10.5. The van der Waals surface area contributed by atoms with Gasteiger partial charge in [-0.1, -0.05) is 0 Å². The van der Waals surface area contributed by atoms with E-state index in [9.17, 15) is 9.18 Å². The van der Waals surface area contributed by atoms with Gasteiger partial charge in [0.1, 0.15) is 5.82 Å². The van der Waals surface area contributed by atoms with Gasteiger partial charge in [0.2, 0.25) is 0 Å². The van der Waals surface area contributed by atoms with Gasteiger partial charge >= 0.3 is 0 Å². The van der Waals surface area contributed by atoms with Crippen molar-refractivity contribution in [1.29, 1.82) is 0 Å². The Balaban J connectivity index is 1.84. The van der Waals surface area contributed by atoms with E-state index in [1.54, 1.807) is 37.5 Å². The molecule has 0 atom stereocenters. The number of halogens is 1. The molecule has 22 heavy (non-hydrogen) atoms. The number of aromatic nitrogens is 2. The van der Waals surface area contributed by atoms with E-state index < -0.39 is 0 Å². The fourth-order valence-corrected chi connectivity index (χ4v) is 2.74. The van der Waals surface area contributed by atoms with Gasteiger partial charge in [-0.3, -0.25) is 14.7 Å². The van der Waals surface area contributed by atoms with Crippen molar-refractivity contribution in [2.24, 2.45) is 0 Å². The number of carbonyl (C=O) groups is 1. The van der Waals surface area contributed by atoms with E-state index >= 15 is 0 Å². The lowest BCUT2D eigenvalue weighted by Crippen LogP contribution is -2.26. The maximum atomic E-state index is 13.0. The van der Waals surface area contributed by atoms with Crippen LogP contribution in [0.2, 0.25) is 0 Å². The summed E-state index contributed by atoms with van der Waals surface area (Å²) in [5, 5.41) is 2.42. The highest BCUT2D eigenvalue weighted by molar-refractivity contribution is 7.14. The minimum Gasteiger partial charge on any atom is -0.287 e. The number of thiazole rings is 1. The van der Waals surface area contributed by atoms with Crippen molar-refractivity contribution in [3.63, 3.8) is 0 Å². The second-order valence-electron chi connectivity index (χ2n) is 4.63. The SMILES string of the molecule is CN(C(=O)c1cccnc1)c1nc(-c2ccc(F)cc2)cs1. The topological polar surface area (TPSA) is 46.1 Å². The number of hydrogen-bond acceptors (Lipinski definition) is 4. The predicted octanol–water partition coefficient (Wildman–Crippen LogP) is 3.62. The van der Waals surface area contributed by atoms with Crippen LogP contribution in [0.25, 0.3) is 11.3 Å². The standard InChI is InChI=1S/C16H12FN3OS/c1-20(15(21)12-3-2-8-18-9-12)16-19-14(10-22-16)11-4-6-13(17)7-5-11/h2-10H,1H3. The number of anilines is 1. The summed E-state index contributed by atoms with van der Waals surface area (Å²) in [6.07, 6.45) is 3.14. The fraction of sp³-hybridized carbons (Fsp3) is 0.0625. The van der Waals surface area contributed by atoms with Crippen molar-refractivity contribution in [2.75, 3.05) is 11.9 Å². The number of amides is 1. The van der Waals surface area contributed by atoms with Gasteiger partial charge in [0.15, 0.2) is 5.13 Å². The van der Waals surface area contributed by atoms with Crippen LogP contribution in [-0.4, -0.2) is 22.9 Å². The van der Waals surface area contributed by atoms with Crippen LogP contribution in [0, 0.1) is 5.82 Å². The summed E-state index contributed by atoms with van der Waals surface area (Å²) in [4.78, 5) is 22.2. The van der Waals surface area contributed by atoms with Crippen molar-refractivity contribution in [1.82, 2.24) is 9.97 Å². The molecule has 1 aromatic carbocycles. The van der Waals surface area contributed by atoms with Crippen molar-refractivity contribution >= 4 is 22.4 Å². The number of benzene rings is 1. The summed E-state index contributed by atoms with van der Waals surface area (Å²) in [5.74, 6) is -0.462. The molecule has 2 heterocycles. The van der Waals surface area contributed by atoms with Gasteiger partial charge in [-0.2, -0.15) is 0 Å². The third-order valence-electron chi connectivity index (χ3n) is 3.13. The molecule has 2 aromatic heterocycles. The Bertz CT molecular complexity index is 787. The van der Waals surface area contributed by atoms with Crippen molar-refractivity contribution in [3.8, 4) is 11.3 Å². The van der Waals surface area contributed by atoms with Gasteiger partial charge in [-0.25, -0.2) is 9.37 Å². The van der Waals surface area contributed by atoms with E-state index in [1.807, 2.05) is 5.38 Å². The minimum absolute atomic E-state index is 0.173. The zero-order valence-corrected chi connectivity index (χ0v) is 12.5. The molecule has 0 fully saturated rings. The highest BCUT2D eigenvalue weighted by Crippen LogP contribution is 2.27. The third kappa shape index (κ3) is 2.87. The number of rotatable bonds is 3. The molecule has 0 N–H and O–H groups in total. The number of nitrogens with zero attached hydrogens (tertiary/aromatic N) is 3. The van der Waals surface area contributed by atoms with Gasteiger partial charge < -0.3 is 0 Å². The molecule has 0 saturated carbocycles. The lowest BCUT2D eigenvalue weighted by molar-refractivity contribution is 0.0992. The molecule has 3 rings (SSSR count). The van der Waals surface area contributed by atoms with Gasteiger partial charge in [0.05, 0.1) is 11.3 Å². The summed E-state index contributed by atoms with van der Waals surface area (Å²) < 4.78 is 13.0. The second kappa shape index (κ2) is 6.03. The molecule has 0 unspecified atom stereocenters. The first-order valence-electron chi connectivity index (χ1n) is 6.55. The Morgan fingerprint density at radius 1 is 1.23 bits per heavy atom. The molecule has 6 heteroatoms. The van der Waals surface area contributed by atoms with Crippen LogP contribution >= 0.6 is 11.3 Å². The fourth-order valence-electron chi connectivity index (χ4n) is 1.94. The van der Waals surface area contributed by atoms with E-state index in [1.165, 1.54) is 34.6 Å².